The summed E-state index contributed by atoms with van der Waals surface area (Å²) in [7, 11) is 0. The molecule has 0 aliphatic carbocycles. The zero-order valence-electron chi connectivity index (χ0n) is 9.82. The van der Waals surface area contributed by atoms with Gasteiger partial charge in [-0.3, -0.25) is 0 Å². The van der Waals surface area contributed by atoms with E-state index in [1.54, 1.807) is 0 Å². The summed E-state index contributed by atoms with van der Waals surface area (Å²) in [5.74, 6) is 6.73. The smallest absolute Gasteiger partial charge is 0.135 e. The number of benzene rings is 1. The van der Waals surface area contributed by atoms with Gasteiger partial charge in [0.25, 0.3) is 0 Å². The fourth-order valence-electron chi connectivity index (χ4n) is 1.79. The van der Waals surface area contributed by atoms with E-state index in [-0.39, 0.29) is 6.10 Å². The number of ether oxygens (including phenoxy) is 2. The molecule has 1 heterocycles. The van der Waals surface area contributed by atoms with E-state index >= 15 is 0 Å². The zero-order chi connectivity index (χ0) is 11.9. The van der Waals surface area contributed by atoms with E-state index in [0.717, 1.165) is 37.4 Å². The molecule has 1 aromatic carbocycles. The van der Waals surface area contributed by atoms with Crippen molar-refractivity contribution < 1.29 is 9.47 Å². The summed E-state index contributed by atoms with van der Waals surface area (Å²) in [5.41, 5.74) is 6.29. The molecule has 2 N–H and O–H groups in total. The number of rotatable bonds is 2. The van der Waals surface area contributed by atoms with Crippen molar-refractivity contribution in [2.45, 2.75) is 18.9 Å². The Bertz CT molecular complexity index is 414. The van der Waals surface area contributed by atoms with E-state index in [1.165, 1.54) is 0 Å². The zero-order valence-corrected chi connectivity index (χ0v) is 9.82. The highest BCUT2D eigenvalue weighted by molar-refractivity contribution is 5.46. The first-order valence-electron chi connectivity index (χ1n) is 5.92. The summed E-state index contributed by atoms with van der Waals surface area (Å²) in [6, 6.07) is 7.83. The molecule has 0 saturated carbocycles. The van der Waals surface area contributed by atoms with Crippen molar-refractivity contribution in [3.8, 4) is 17.6 Å². The van der Waals surface area contributed by atoms with E-state index < -0.39 is 0 Å². The van der Waals surface area contributed by atoms with Gasteiger partial charge in [-0.25, -0.2) is 0 Å². The van der Waals surface area contributed by atoms with Gasteiger partial charge >= 0.3 is 0 Å². The second-order valence-corrected chi connectivity index (χ2v) is 3.93. The molecule has 0 aromatic heterocycles. The molecule has 2 rings (SSSR count). The van der Waals surface area contributed by atoms with Gasteiger partial charge in [0, 0.05) is 12.8 Å². The fourth-order valence-corrected chi connectivity index (χ4v) is 1.79. The lowest BCUT2D eigenvalue weighted by Gasteiger charge is -2.23. The molecule has 3 nitrogen and oxygen atoms in total. The summed E-state index contributed by atoms with van der Waals surface area (Å²) in [6.45, 7) is 1.92. The molecule has 17 heavy (non-hydrogen) atoms. The second kappa shape index (κ2) is 6.29. The Morgan fingerprint density at radius 2 is 2.06 bits per heavy atom. The van der Waals surface area contributed by atoms with Crippen molar-refractivity contribution in [2.24, 2.45) is 5.73 Å². The lowest BCUT2D eigenvalue weighted by atomic mass is 10.1. The Hall–Kier alpha value is -1.50. The SMILES string of the molecule is NCC#Cc1ccccc1OC1CCOCC1. The maximum Gasteiger partial charge on any atom is 0.135 e. The topological polar surface area (TPSA) is 44.5 Å². The van der Waals surface area contributed by atoms with Crippen molar-refractivity contribution in [2.75, 3.05) is 19.8 Å². The molecule has 0 amide bonds. The van der Waals surface area contributed by atoms with Gasteiger partial charge in [0.05, 0.1) is 25.3 Å². The van der Waals surface area contributed by atoms with Crippen LogP contribution in [0.1, 0.15) is 18.4 Å². The molecule has 1 aromatic rings. The predicted molar refractivity (Wildman–Crippen MR) is 66.8 cm³/mol. The van der Waals surface area contributed by atoms with Crippen LogP contribution in [0.15, 0.2) is 24.3 Å². The first-order valence-corrected chi connectivity index (χ1v) is 5.92. The van der Waals surface area contributed by atoms with E-state index in [0.29, 0.717) is 6.54 Å². The Morgan fingerprint density at radius 3 is 2.82 bits per heavy atom. The molecule has 0 spiro atoms. The van der Waals surface area contributed by atoms with Crippen LogP contribution >= 0.6 is 0 Å². The highest BCUT2D eigenvalue weighted by atomic mass is 16.5. The van der Waals surface area contributed by atoms with Gasteiger partial charge in [0.15, 0.2) is 0 Å². The van der Waals surface area contributed by atoms with E-state index in [2.05, 4.69) is 11.8 Å². The normalized spacial score (nSPS) is 16.1. The van der Waals surface area contributed by atoms with Crippen LogP contribution in [0.4, 0.5) is 0 Å². The number of hydrogen-bond acceptors (Lipinski definition) is 3. The quantitative estimate of drug-likeness (QED) is 0.785. The van der Waals surface area contributed by atoms with E-state index in [9.17, 15) is 0 Å². The van der Waals surface area contributed by atoms with Gasteiger partial charge in [-0.2, -0.15) is 0 Å². The van der Waals surface area contributed by atoms with Crippen LogP contribution in [0.3, 0.4) is 0 Å². The third kappa shape index (κ3) is 3.48. The molecule has 1 saturated heterocycles. The molecule has 0 unspecified atom stereocenters. The minimum atomic E-state index is 0.240. The second-order valence-electron chi connectivity index (χ2n) is 3.93. The van der Waals surface area contributed by atoms with E-state index in [4.69, 9.17) is 15.2 Å². The van der Waals surface area contributed by atoms with Crippen LogP contribution < -0.4 is 10.5 Å². The summed E-state index contributed by atoms with van der Waals surface area (Å²) in [6.07, 6.45) is 2.13. The molecule has 1 fully saturated rings. The minimum Gasteiger partial charge on any atom is -0.489 e. The molecule has 0 radical (unpaired) electrons. The van der Waals surface area contributed by atoms with Gasteiger partial charge in [0.2, 0.25) is 0 Å². The number of hydrogen-bond donors (Lipinski definition) is 1. The van der Waals surface area contributed by atoms with Crippen LogP contribution in [0, 0.1) is 11.8 Å². The van der Waals surface area contributed by atoms with Crippen LogP contribution in [0.2, 0.25) is 0 Å². The first-order chi connectivity index (χ1) is 8.40. The molecule has 0 atom stereocenters. The van der Waals surface area contributed by atoms with E-state index in [1.807, 2.05) is 24.3 Å². The minimum absolute atomic E-state index is 0.240. The predicted octanol–water partition coefficient (Wildman–Crippen LogP) is 1.55. The van der Waals surface area contributed by atoms with Crippen molar-refractivity contribution in [3.05, 3.63) is 29.8 Å². The molecule has 1 aliphatic rings. The molecular formula is C14H17NO2. The van der Waals surface area contributed by atoms with Gasteiger partial charge in [-0.05, 0) is 12.1 Å². The molecular weight excluding hydrogens is 214 g/mol. The maximum absolute atomic E-state index is 5.96. The maximum atomic E-state index is 5.96. The van der Waals surface area contributed by atoms with Crippen LogP contribution in [0.25, 0.3) is 0 Å². The molecule has 0 bridgehead atoms. The molecule has 3 heteroatoms. The average Bonchev–Trinajstić information content (AvgIpc) is 2.39. The lowest BCUT2D eigenvalue weighted by molar-refractivity contribution is 0.0254. The standard InChI is InChI=1S/C14H17NO2/c15-9-3-5-12-4-1-2-6-14(12)17-13-7-10-16-11-8-13/h1-2,4,6,13H,7-11,15H2. The summed E-state index contributed by atoms with van der Waals surface area (Å²) >= 11 is 0. The Morgan fingerprint density at radius 1 is 1.29 bits per heavy atom. The summed E-state index contributed by atoms with van der Waals surface area (Å²) < 4.78 is 11.3. The Kier molecular flexibility index (Phi) is 4.43. The Labute approximate surface area is 102 Å². The van der Waals surface area contributed by atoms with Gasteiger partial charge in [-0.15, -0.1) is 0 Å². The number of para-hydroxylation sites is 1. The Balaban J connectivity index is 2.08. The van der Waals surface area contributed by atoms with Crippen LogP contribution in [0.5, 0.6) is 5.75 Å². The highest BCUT2D eigenvalue weighted by Crippen LogP contribution is 2.21. The van der Waals surface area contributed by atoms with Crippen molar-refractivity contribution in [1.29, 1.82) is 0 Å². The van der Waals surface area contributed by atoms with Crippen molar-refractivity contribution in [3.63, 3.8) is 0 Å². The monoisotopic (exact) mass is 231 g/mol. The largest absolute Gasteiger partial charge is 0.489 e. The average molecular weight is 231 g/mol. The third-order valence-electron chi connectivity index (χ3n) is 2.67. The van der Waals surface area contributed by atoms with Crippen molar-refractivity contribution >= 4 is 0 Å². The fraction of sp³-hybridized carbons (Fsp3) is 0.429. The van der Waals surface area contributed by atoms with Gasteiger partial charge < -0.3 is 15.2 Å². The summed E-state index contributed by atoms with van der Waals surface area (Å²) in [5, 5.41) is 0. The van der Waals surface area contributed by atoms with Crippen LogP contribution in [-0.2, 0) is 4.74 Å². The van der Waals surface area contributed by atoms with Gasteiger partial charge in [0.1, 0.15) is 11.9 Å². The first kappa shape index (κ1) is 12.0. The number of nitrogens with two attached hydrogens (primary N) is 1. The van der Waals surface area contributed by atoms with Crippen molar-refractivity contribution in [1.82, 2.24) is 0 Å². The lowest BCUT2D eigenvalue weighted by Crippen LogP contribution is -2.26. The third-order valence-corrected chi connectivity index (χ3v) is 2.67. The molecule has 90 valence electrons. The van der Waals surface area contributed by atoms with Gasteiger partial charge in [-0.1, -0.05) is 24.0 Å². The highest BCUT2D eigenvalue weighted by Gasteiger charge is 2.16. The summed E-state index contributed by atoms with van der Waals surface area (Å²) in [4.78, 5) is 0. The molecule has 1 aliphatic heterocycles. The van der Waals surface area contributed by atoms with Crippen LogP contribution in [-0.4, -0.2) is 25.9 Å².